The van der Waals surface area contributed by atoms with Gasteiger partial charge in [0.05, 0.1) is 13.2 Å². The fourth-order valence-electron chi connectivity index (χ4n) is 3.39. The number of hydrogen-bond acceptors (Lipinski definition) is 15. The van der Waals surface area contributed by atoms with Gasteiger partial charge in [0.25, 0.3) is 0 Å². The summed E-state index contributed by atoms with van der Waals surface area (Å²) >= 11 is 0. The molecule has 2 fully saturated rings. The lowest BCUT2D eigenvalue weighted by atomic mass is 9.97. The van der Waals surface area contributed by atoms with E-state index in [1.807, 2.05) is 0 Å². The molecule has 2 saturated heterocycles. The van der Waals surface area contributed by atoms with Crippen molar-refractivity contribution in [1.82, 2.24) is 0 Å². The van der Waals surface area contributed by atoms with Crippen molar-refractivity contribution in [1.29, 1.82) is 0 Å². The van der Waals surface area contributed by atoms with E-state index in [0.29, 0.717) is 0 Å². The van der Waals surface area contributed by atoms with Crippen LogP contribution in [0.2, 0.25) is 0 Å². The maximum atomic E-state index is 11.3. The summed E-state index contributed by atoms with van der Waals surface area (Å²) in [6, 6.07) is 0. The van der Waals surface area contributed by atoms with Crippen molar-refractivity contribution < 1.29 is 78.4 Å². The van der Waals surface area contributed by atoms with Gasteiger partial charge in [-0.3, -0.25) is 9.11 Å². The predicted molar refractivity (Wildman–Crippen MR) is 99.0 cm³/mol. The first kappa shape index (κ1) is 28.6. The first-order valence-electron chi connectivity index (χ1n) is 9.17. The van der Waals surface area contributed by atoms with Crippen molar-refractivity contribution >= 4 is 20.8 Å². The molecule has 0 saturated carbocycles. The van der Waals surface area contributed by atoms with Gasteiger partial charge in [-0.15, -0.1) is 0 Å². The van der Waals surface area contributed by atoms with Crippen LogP contribution in [0.25, 0.3) is 0 Å². The molecule has 2 aliphatic heterocycles. The van der Waals surface area contributed by atoms with E-state index in [1.165, 1.54) is 0 Å². The number of hydrogen-bond donors (Lipinski definition) is 6. The van der Waals surface area contributed by atoms with E-state index in [0.717, 1.165) is 14.2 Å². The summed E-state index contributed by atoms with van der Waals surface area (Å²) in [7, 11) is -7.95. The van der Waals surface area contributed by atoms with E-state index < -0.39 is 95.4 Å². The largest absolute Gasteiger partial charge is 0.397 e. The van der Waals surface area contributed by atoms with Crippen molar-refractivity contribution in [2.24, 2.45) is 0 Å². The predicted octanol–water partition coefficient (Wildman–Crippen LogP) is -4.43. The summed E-state index contributed by atoms with van der Waals surface area (Å²) < 4.78 is 96.6. The van der Waals surface area contributed by atoms with Crippen LogP contribution in [-0.2, 0) is 52.8 Å². The number of aliphatic hydroxyl groups excluding tert-OH is 4. The molecule has 0 radical (unpaired) electrons. The molecule has 6 N–H and O–H groups in total. The molecule has 19 heteroatoms. The smallest absolute Gasteiger partial charge is 0.394 e. The van der Waals surface area contributed by atoms with Crippen LogP contribution < -0.4 is 0 Å². The van der Waals surface area contributed by atoms with E-state index in [2.05, 4.69) is 8.37 Å². The molecule has 2 heterocycles. The van der Waals surface area contributed by atoms with Crippen LogP contribution in [0, 0.1) is 0 Å². The molecule has 10 atom stereocenters. The van der Waals surface area contributed by atoms with Gasteiger partial charge in [0, 0.05) is 14.2 Å². The SMILES string of the molecule is CO[C@@H]1O[C@@H](CO)[C@@H](O[C@@H]2O[C@H](COS(=O)(=O)O)[C@H](O)[C@H](OC)[C@H]2O)[C@@H](OS(=O)(=O)O)[C@@H]1O. The van der Waals surface area contributed by atoms with E-state index in [1.54, 1.807) is 0 Å². The zero-order valence-electron chi connectivity index (χ0n) is 17.2. The minimum atomic E-state index is -5.18. The molecular formula is C14H26O17S2. The van der Waals surface area contributed by atoms with Crippen LogP contribution in [0.5, 0.6) is 0 Å². The van der Waals surface area contributed by atoms with Gasteiger partial charge in [0.2, 0.25) is 0 Å². The topological polar surface area (TPSA) is 254 Å². The third-order valence-electron chi connectivity index (χ3n) is 4.85. The average Bonchev–Trinajstić information content (AvgIpc) is 2.70. The normalized spacial score (nSPS) is 40.6. The zero-order chi connectivity index (χ0) is 25.1. The molecular weight excluding hydrogens is 504 g/mol. The summed E-state index contributed by atoms with van der Waals surface area (Å²) in [6.45, 7) is -1.80. The Labute approximate surface area is 188 Å². The molecule has 0 aliphatic carbocycles. The molecule has 17 nitrogen and oxygen atoms in total. The second-order valence-corrected chi connectivity index (χ2v) is 9.12. The lowest BCUT2D eigenvalue weighted by Gasteiger charge is -2.46. The van der Waals surface area contributed by atoms with Crippen LogP contribution >= 0.6 is 0 Å². The van der Waals surface area contributed by atoms with E-state index in [-0.39, 0.29) is 0 Å². The Morgan fingerprint density at radius 1 is 0.758 bits per heavy atom. The zero-order valence-corrected chi connectivity index (χ0v) is 18.8. The molecule has 0 bridgehead atoms. The van der Waals surface area contributed by atoms with Crippen LogP contribution in [0.4, 0.5) is 0 Å². The summed E-state index contributed by atoms with van der Waals surface area (Å²) in [6.07, 6.45) is -16.9. The highest BCUT2D eigenvalue weighted by Crippen LogP contribution is 2.32. The van der Waals surface area contributed by atoms with Crippen molar-refractivity contribution in [3.63, 3.8) is 0 Å². The Balaban J connectivity index is 2.32. The van der Waals surface area contributed by atoms with Gasteiger partial charge in [-0.05, 0) is 0 Å². The molecule has 0 aromatic heterocycles. The maximum Gasteiger partial charge on any atom is 0.397 e. The Morgan fingerprint density at radius 3 is 1.82 bits per heavy atom. The van der Waals surface area contributed by atoms with Crippen molar-refractivity contribution in [3.8, 4) is 0 Å². The van der Waals surface area contributed by atoms with E-state index in [4.69, 9.17) is 32.8 Å². The standard InChI is InChI=1S/C14H26O17S2/c1-25-11-7(16)6(4-27-32(19,20)21)29-14(8(11)17)30-10-5(3-15)28-13(26-2)9(18)12(10)31-33(22,23)24/h5-18H,3-4H2,1-2H3,(H,19,20,21)(H,22,23,24)/t5-,6+,7-,8+,9-,10+,11-,12-,13+,14-/m0/s1. The molecule has 0 spiro atoms. The van der Waals surface area contributed by atoms with Gasteiger partial charge >= 0.3 is 20.8 Å². The maximum absolute atomic E-state index is 11.3. The lowest BCUT2D eigenvalue weighted by molar-refractivity contribution is -0.355. The minimum absolute atomic E-state index is 0.850. The average molecular weight is 530 g/mol. The fourth-order valence-corrected chi connectivity index (χ4v) is 4.20. The molecule has 0 aromatic carbocycles. The number of ether oxygens (including phenoxy) is 5. The lowest BCUT2D eigenvalue weighted by Crippen LogP contribution is -2.65. The molecule has 196 valence electrons. The molecule has 0 amide bonds. The third kappa shape index (κ3) is 7.43. The van der Waals surface area contributed by atoms with E-state index >= 15 is 0 Å². The minimum Gasteiger partial charge on any atom is -0.394 e. The summed E-state index contributed by atoms with van der Waals surface area (Å²) in [5.41, 5.74) is 0. The monoisotopic (exact) mass is 530 g/mol. The van der Waals surface area contributed by atoms with Crippen molar-refractivity contribution in [2.75, 3.05) is 27.4 Å². The van der Waals surface area contributed by atoms with Crippen LogP contribution in [0.3, 0.4) is 0 Å². The summed E-state index contributed by atoms with van der Waals surface area (Å²) in [4.78, 5) is 0. The van der Waals surface area contributed by atoms with Crippen LogP contribution in [0.1, 0.15) is 0 Å². The summed E-state index contributed by atoms with van der Waals surface area (Å²) in [5.74, 6) is 0. The van der Waals surface area contributed by atoms with Crippen LogP contribution in [0.15, 0.2) is 0 Å². The van der Waals surface area contributed by atoms with Crippen molar-refractivity contribution in [3.05, 3.63) is 0 Å². The van der Waals surface area contributed by atoms with Gasteiger partial charge in [-0.1, -0.05) is 0 Å². The highest BCUT2D eigenvalue weighted by Gasteiger charge is 2.53. The summed E-state index contributed by atoms with van der Waals surface area (Å²) in [5, 5.41) is 40.7. The second-order valence-electron chi connectivity index (χ2n) is 6.98. The number of aliphatic hydroxyl groups is 4. The van der Waals surface area contributed by atoms with Gasteiger partial charge in [-0.2, -0.15) is 16.8 Å². The Kier molecular flexibility index (Phi) is 9.89. The van der Waals surface area contributed by atoms with Gasteiger partial charge in [0.15, 0.2) is 12.6 Å². The second kappa shape index (κ2) is 11.4. The van der Waals surface area contributed by atoms with Crippen molar-refractivity contribution in [2.45, 2.75) is 61.4 Å². The molecule has 2 rings (SSSR count). The number of methoxy groups -OCH3 is 2. The molecule has 33 heavy (non-hydrogen) atoms. The first-order chi connectivity index (χ1) is 15.2. The first-order valence-corrected chi connectivity index (χ1v) is 11.9. The Bertz CT molecular complexity index is 833. The Hall–Kier alpha value is -0.620. The van der Waals surface area contributed by atoms with Gasteiger partial charge in [0.1, 0.15) is 48.8 Å². The van der Waals surface area contributed by atoms with Gasteiger partial charge in [-0.25, -0.2) is 8.37 Å². The highest BCUT2D eigenvalue weighted by atomic mass is 32.3. The van der Waals surface area contributed by atoms with Gasteiger partial charge < -0.3 is 44.1 Å². The molecule has 0 unspecified atom stereocenters. The highest BCUT2D eigenvalue weighted by molar-refractivity contribution is 7.81. The number of rotatable bonds is 10. The van der Waals surface area contributed by atoms with Crippen LogP contribution in [-0.4, -0.2) is 135 Å². The third-order valence-corrected chi connectivity index (χ3v) is 5.75. The molecule has 2 aliphatic rings. The Morgan fingerprint density at radius 2 is 1.33 bits per heavy atom. The van der Waals surface area contributed by atoms with E-state index in [9.17, 15) is 37.3 Å². The molecule has 0 aromatic rings. The quantitative estimate of drug-likeness (QED) is 0.146. The fraction of sp³-hybridized carbons (Fsp3) is 1.00.